The van der Waals surface area contributed by atoms with Crippen molar-refractivity contribution >= 4 is 12.0 Å². The van der Waals surface area contributed by atoms with E-state index in [0.29, 0.717) is 36.6 Å². The van der Waals surface area contributed by atoms with Crippen molar-refractivity contribution in [1.29, 1.82) is 0 Å². The lowest BCUT2D eigenvalue weighted by molar-refractivity contribution is -0.140. The van der Waals surface area contributed by atoms with E-state index in [1.54, 1.807) is 31.5 Å². The second kappa shape index (κ2) is 10.2. The summed E-state index contributed by atoms with van der Waals surface area (Å²) in [5.74, 6) is 0.765. The normalized spacial score (nSPS) is 12.0. The Bertz CT molecular complexity index is 730. The van der Waals surface area contributed by atoms with Crippen molar-refractivity contribution in [2.45, 2.75) is 18.9 Å². The van der Waals surface area contributed by atoms with Gasteiger partial charge in [-0.2, -0.15) is 0 Å². The van der Waals surface area contributed by atoms with Gasteiger partial charge in [0.2, 0.25) is 0 Å². The Morgan fingerprint density at radius 3 is 2.69 bits per heavy atom. The molecule has 26 heavy (non-hydrogen) atoms. The van der Waals surface area contributed by atoms with Crippen LogP contribution in [0.2, 0.25) is 0 Å². The Morgan fingerprint density at radius 1 is 1.23 bits per heavy atom. The molecule has 0 aliphatic heterocycles. The molecular weight excluding hydrogens is 334 g/mol. The van der Waals surface area contributed by atoms with Gasteiger partial charge in [-0.15, -0.1) is 0 Å². The first-order valence-corrected chi connectivity index (χ1v) is 8.29. The SMILES string of the molecule is COC(=O)CCCOc1cnc(/C=C/C(O)c2ccccc2)cc1OC. The van der Waals surface area contributed by atoms with Gasteiger partial charge in [0.25, 0.3) is 0 Å². The lowest BCUT2D eigenvalue weighted by Gasteiger charge is -2.11. The third kappa shape index (κ3) is 5.89. The summed E-state index contributed by atoms with van der Waals surface area (Å²) in [6.45, 7) is 0.356. The van der Waals surface area contributed by atoms with Gasteiger partial charge in [0.15, 0.2) is 11.5 Å². The van der Waals surface area contributed by atoms with Gasteiger partial charge in [-0.3, -0.25) is 9.78 Å². The summed E-state index contributed by atoms with van der Waals surface area (Å²) in [6.07, 6.45) is 5.07. The number of esters is 1. The molecule has 0 radical (unpaired) electrons. The monoisotopic (exact) mass is 357 g/mol. The number of aliphatic hydroxyl groups is 1. The number of methoxy groups -OCH3 is 2. The highest BCUT2D eigenvalue weighted by molar-refractivity contribution is 5.69. The van der Waals surface area contributed by atoms with E-state index in [2.05, 4.69) is 9.72 Å². The maximum Gasteiger partial charge on any atom is 0.305 e. The van der Waals surface area contributed by atoms with Crippen molar-refractivity contribution in [3.8, 4) is 11.5 Å². The number of hydrogen-bond acceptors (Lipinski definition) is 6. The molecule has 0 spiro atoms. The Hall–Kier alpha value is -2.86. The molecule has 138 valence electrons. The predicted octanol–water partition coefficient (Wildman–Crippen LogP) is 3.17. The van der Waals surface area contributed by atoms with Crippen molar-refractivity contribution in [3.05, 3.63) is 59.9 Å². The smallest absolute Gasteiger partial charge is 0.305 e. The molecule has 0 aliphatic carbocycles. The van der Waals surface area contributed by atoms with Crippen LogP contribution in [0.1, 0.15) is 30.2 Å². The number of nitrogens with zero attached hydrogens (tertiary/aromatic N) is 1. The third-order valence-electron chi connectivity index (χ3n) is 3.67. The highest BCUT2D eigenvalue weighted by Crippen LogP contribution is 2.27. The van der Waals surface area contributed by atoms with E-state index in [9.17, 15) is 9.90 Å². The molecule has 6 heteroatoms. The Labute approximate surface area is 153 Å². The van der Waals surface area contributed by atoms with E-state index >= 15 is 0 Å². The highest BCUT2D eigenvalue weighted by atomic mass is 16.5. The summed E-state index contributed by atoms with van der Waals surface area (Å²) in [5, 5.41) is 10.2. The van der Waals surface area contributed by atoms with Gasteiger partial charge < -0.3 is 19.3 Å². The summed E-state index contributed by atoms with van der Waals surface area (Å²) in [7, 11) is 2.90. The maximum absolute atomic E-state index is 11.1. The summed E-state index contributed by atoms with van der Waals surface area (Å²) in [5.41, 5.74) is 1.44. The molecule has 0 aliphatic rings. The molecular formula is C20H23NO5. The van der Waals surface area contributed by atoms with Crippen LogP contribution in [0.5, 0.6) is 11.5 Å². The number of hydrogen-bond donors (Lipinski definition) is 1. The van der Waals surface area contributed by atoms with E-state index < -0.39 is 6.10 Å². The Kier molecular flexibility index (Phi) is 7.64. The van der Waals surface area contributed by atoms with Crippen molar-refractivity contribution in [3.63, 3.8) is 0 Å². The minimum absolute atomic E-state index is 0.267. The zero-order chi connectivity index (χ0) is 18.8. The van der Waals surface area contributed by atoms with Crippen molar-refractivity contribution in [1.82, 2.24) is 4.98 Å². The summed E-state index contributed by atoms with van der Waals surface area (Å²) in [6, 6.07) is 11.1. The van der Waals surface area contributed by atoms with Crippen LogP contribution in [0, 0.1) is 0 Å². The van der Waals surface area contributed by atoms with Crippen LogP contribution >= 0.6 is 0 Å². The minimum atomic E-state index is -0.710. The summed E-state index contributed by atoms with van der Waals surface area (Å²) >= 11 is 0. The van der Waals surface area contributed by atoms with Gasteiger partial charge in [0.05, 0.1) is 38.8 Å². The quantitative estimate of drug-likeness (QED) is 0.549. The van der Waals surface area contributed by atoms with Gasteiger partial charge in [0.1, 0.15) is 0 Å². The average molecular weight is 357 g/mol. The van der Waals surface area contributed by atoms with Crippen LogP contribution in [0.15, 0.2) is 48.7 Å². The van der Waals surface area contributed by atoms with Crippen molar-refractivity contribution in [2.24, 2.45) is 0 Å². The first-order chi connectivity index (χ1) is 12.6. The molecule has 1 heterocycles. The highest BCUT2D eigenvalue weighted by Gasteiger charge is 2.08. The second-order valence-electron chi connectivity index (χ2n) is 5.50. The fourth-order valence-corrected chi connectivity index (χ4v) is 2.25. The standard InChI is InChI=1S/C20H23NO5/c1-24-18-13-16(10-11-17(22)15-7-4-3-5-8-15)21-14-19(18)26-12-6-9-20(23)25-2/h3-5,7-8,10-11,13-14,17,22H,6,9,12H2,1-2H3/b11-10+. The molecule has 2 aromatic rings. The number of carbonyl (C=O) groups excluding carboxylic acids is 1. The van der Waals surface area contributed by atoms with Crippen LogP contribution in [-0.2, 0) is 9.53 Å². The van der Waals surface area contributed by atoms with Crippen molar-refractivity contribution < 1.29 is 24.1 Å². The van der Waals surface area contributed by atoms with E-state index in [1.165, 1.54) is 7.11 Å². The number of rotatable bonds is 9. The summed E-state index contributed by atoms with van der Waals surface area (Å²) < 4.78 is 15.5. The van der Waals surface area contributed by atoms with E-state index in [1.807, 2.05) is 30.3 Å². The molecule has 0 amide bonds. The van der Waals surface area contributed by atoms with Gasteiger partial charge in [-0.1, -0.05) is 30.3 Å². The molecule has 1 unspecified atom stereocenters. The van der Waals surface area contributed by atoms with E-state index in [-0.39, 0.29) is 5.97 Å². The van der Waals surface area contributed by atoms with E-state index in [0.717, 1.165) is 5.56 Å². The molecule has 1 N–H and O–H groups in total. The number of ether oxygens (including phenoxy) is 3. The van der Waals surface area contributed by atoms with Crippen LogP contribution in [0.3, 0.4) is 0 Å². The van der Waals surface area contributed by atoms with Gasteiger partial charge in [-0.05, 0) is 24.1 Å². The molecule has 0 saturated heterocycles. The fraction of sp³-hybridized carbons (Fsp3) is 0.300. The number of aromatic nitrogens is 1. The number of carbonyl (C=O) groups is 1. The molecule has 0 saturated carbocycles. The van der Waals surface area contributed by atoms with Crippen LogP contribution in [-0.4, -0.2) is 36.9 Å². The Morgan fingerprint density at radius 2 is 2.00 bits per heavy atom. The number of pyridine rings is 1. The topological polar surface area (TPSA) is 77.9 Å². The predicted molar refractivity (Wildman–Crippen MR) is 98.0 cm³/mol. The zero-order valence-electron chi connectivity index (χ0n) is 14.9. The first kappa shape index (κ1) is 19.5. The third-order valence-corrected chi connectivity index (χ3v) is 3.67. The molecule has 1 aromatic heterocycles. The fourth-order valence-electron chi connectivity index (χ4n) is 2.25. The molecule has 0 bridgehead atoms. The maximum atomic E-state index is 11.1. The van der Waals surface area contributed by atoms with Crippen LogP contribution < -0.4 is 9.47 Å². The molecule has 0 fully saturated rings. The van der Waals surface area contributed by atoms with Crippen LogP contribution in [0.4, 0.5) is 0 Å². The first-order valence-electron chi connectivity index (χ1n) is 8.29. The minimum Gasteiger partial charge on any atom is -0.493 e. The van der Waals surface area contributed by atoms with E-state index in [4.69, 9.17) is 9.47 Å². The second-order valence-corrected chi connectivity index (χ2v) is 5.50. The van der Waals surface area contributed by atoms with Crippen molar-refractivity contribution in [2.75, 3.05) is 20.8 Å². The molecule has 6 nitrogen and oxygen atoms in total. The largest absolute Gasteiger partial charge is 0.493 e. The molecule has 1 aromatic carbocycles. The molecule has 1 atom stereocenters. The zero-order valence-corrected chi connectivity index (χ0v) is 14.9. The summed E-state index contributed by atoms with van der Waals surface area (Å²) in [4.78, 5) is 15.4. The van der Waals surface area contributed by atoms with Crippen LogP contribution in [0.25, 0.3) is 6.08 Å². The van der Waals surface area contributed by atoms with Gasteiger partial charge in [0, 0.05) is 12.5 Å². The Balaban J connectivity index is 1.96. The average Bonchev–Trinajstić information content (AvgIpc) is 2.70. The van der Waals surface area contributed by atoms with Gasteiger partial charge >= 0.3 is 5.97 Å². The molecule has 2 rings (SSSR count). The lowest BCUT2D eigenvalue weighted by Crippen LogP contribution is -2.05. The number of aliphatic hydroxyl groups excluding tert-OH is 1. The number of benzene rings is 1. The lowest BCUT2D eigenvalue weighted by atomic mass is 10.1. The van der Waals surface area contributed by atoms with Gasteiger partial charge in [-0.25, -0.2) is 0 Å².